The van der Waals surface area contributed by atoms with Gasteiger partial charge in [-0.2, -0.15) is 0 Å². The molecule has 13 heteroatoms. The third kappa shape index (κ3) is 13.5. The first-order valence-electron chi connectivity index (χ1n) is 17.2. The van der Waals surface area contributed by atoms with E-state index >= 15 is 0 Å². The normalized spacial score (nSPS) is 25.5. The van der Waals surface area contributed by atoms with Crippen LogP contribution in [0.3, 0.4) is 0 Å². The molecule has 5 unspecified atom stereocenters. The lowest BCUT2D eigenvalue weighted by Gasteiger charge is -2.37. The van der Waals surface area contributed by atoms with Crippen LogP contribution in [0.5, 0.6) is 0 Å². The number of rotatable bonds is 18. The highest BCUT2D eigenvalue weighted by molar-refractivity contribution is 7.89. The Labute approximate surface area is 271 Å². The Hall–Kier alpha value is -1.80. The average Bonchev–Trinajstić information content (AvgIpc) is 2.96. The van der Waals surface area contributed by atoms with Gasteiger partial charge in [-0.25, -0.2) is 18.6 Å². The summed E-state index contributed by atoms with van der Waals surface area (Å²) in [5, 5.41) is 30.8. The molecule has 45 heavy (non-hydrogen) atoms. The van der Waals surface area contributed by atoms with Gasteiger partial charge < -0.3 is 20.4 Å². The quantitative estimate of drug-likeness (QED) is 0.139. The van der Waals surface area contributed by atoms with Crippen LogP contribution in [-0.4, -0.2) is 95.9 Å². The number of amides is 3. The van der Waals surface area contributed by atoms with E-state index < -0.39 is 45.2 Å². The molecule has 0 saturated heterocycles. The van der Waals surface area contributed by atoms with Crippen LogP contribution in [0.1, 0.15) is 112 Å². The maximum absolute atomic E-state index is 13.9. The number of carbonyl (C=O) groups excluding carboxylic acids is 3. The molecule has 2 saturated carbocycles. The van der Waals surface area contributed by atoms with Crippen molar-refractivity contribution in [2.75, 3.05) is 26.2 Å². The number of primary sulfonamides is 1. The highest BCUT2D eigenvalue weighted by Crippen LogP contribution is 2.35. The fourth-order valence-corrected chi connectivity index (χ4v) is 7.84. The molecule has 5 atom stereocenters. The van der Waals surface area contributed by atoms with Crippen molar-refractivity contribution in [2.24, 2.45) is 28.8 Å². The predicted octanol–water partition coefficient (Wildman–Crippen LogP) is 2.28. The monoisotopic (exact) mass is 659 g/mol. The van der Waals surface area contributed by atoms with Gasteiger partial charge >= 0.3 is 0 Å². The van der Waals surface area contributed by atoms with Crippen LogP contribution in [-0.2, 0) is 24.4 Å². The molecule has 2 rings (SSSR count). The van der Waals surface area contributed by atoms with Gasteiger partial charge in [-0.05, 0) is 82.5 Å². The highest BCUT2D eigenvalue weighted by Gasteiger charge is 2.42. The number of aliphatic hydroxyl groups is 2. The molecule has 2 fully saturated rings. The molecule has 0 spiro atoms. The number of nitrogens with one attached hydrogen (secondary N) is 2. The molecule has 0 aromatic heterocycles. The number of aliphatic hydroxyl groups excluding tert-OH is 2. The Bertz CT molecular complexity index is 1030. The number of hydrazine groups is 1. The Kier molecular flexibility index (Phi) is 16.7. The summed E-state index contributed by atoms with van der Waals surface area (Å²) in [7, 11) is -3.99. The fraction of sp³-hybridized carbons (Fsp3) is 0.906. The molecule has 12 nitrogen and oxygen atoms in total. The average molecular weight is 660 g/mol. The third-order valence-corrected chi connectivity index (χ3v) is 10.4. The topological polar surface area (TPSA) is 182 Å². The molecule has 2 aliphatic rings. The van der Waals surface area contributed by atoms with Gasteiger partial charge in [0.1, 0.15) is 0 Å². The second kappa shape index (κ2) is 19.1. The predicted molar refractivity (Wildman–Crippen MR) is 175 cm³/mol. The number of hydrogen-bond acceptors (Lipinski definition) is 8. The van der Waals surface area contributed by atoms with Crippen molar-refractivity contribution < 1.29 is 33.0 Å². The van der Waals surface area contributed by atoms with Crippen molar-refractivity contribution in [1.82, 2.24) is 20.7 Å². The van der Waals surface area contributed by atoms with Crippen LogP contribution < -0.4 is 15.9 Å². The van der Waals surface area contributed by atoms with Crippen molar-refractivity contribution in [2.45, 2.75) is 135 Å². The van der Waals surface area contributed by atoms with Crippen LogP contribution in [0.2, 0.25) is 0 Å². The van der Waals surface area contributed by atoms with Crippen molar-refractivity contribution in [3.63, 3.8) is 0 Å². The minimum absolute atomic E-state index is 0.0155. The molecule has 0 aromatic carbocycles. The molecule has 0 radical (unpaired) electrons. The van der Waals surface area contributed by atoms with Crippen LogP contribution in [0.25, 0.3) is 0 Å². The summed E-state index contributed by atoms with van der Waals surface area (Å²) < 4.78 is 25.0. The van der Waals surface area contributed by atoms with Gasteiger partial charge in [0.25, 0.3) is 0 Å². The van der Waals surface area contributed by atoms with Crippen LogP contribution in [0.4, 0.5) is 0 Å². The lowest BCUT2D eigenvalue weighted by molar-refractivity contribution is -0.138. The molecular formula is C32H61N5O7S. The third-order valence-electron chi connectivity index (χ3n) is 9.12. The lowest BCUT2D eigenvalue weighted by Crippen LogP contribution is -2.55. The molecule has 0 heterocycles. The number of carbonyl (C=O) groups is 3. The summed E-state index contributed by atoms with van der Waals surface area (Å²) >= 11 is 0. The van der Waals surface area contributed by atoms with E-state index in [1.54, 1.807) is 9.91 Å². The van der Waals surface area contributed by atoms with E-state index in [9.17, 15) is 33.0 Å². The SMILES string of the molecule is CCCN(CC(O)C(CC1CCC(O)CC1)NC(=O)C1CC(C(=O)N(CCC)CCC)CC(S(N)(=O)=O)C1)NC(=O)CC(C)C. The maximum Gasteiger partial charge on any atom is 0.234 e. The minimum Gasteiger partial charge on any atom is -0.393 e. The highest BCUT2D eigenvalue weighted by atomic mass is 32.2. The summed E-state index contributed by atoms with van der Waals surface area (Å²) in [6, 6.07) is -0.667. The van der Waals surface area contributed by atoms with Gasteiger partial charge in [-0.15, -0.1) is 0 Å². The molecule has 0 aliphatic heterocycles. The van der Waals surface area contributed by atoms with Gasteiger partial charge in [-0.3, -0.25) is 19.8 Å². The molecule has 0 aromatic rings. The second-order valence-electron chi connectivity index (χ2n) is 13.8. The van der Waals surface area contributed by atoms with Gasteiger partial charge in [0.15, 0.2) is 0 Å². The fourth-order valence-electron chi connectivity index (χ4n) is 6.84. The van der Waals surface area contributed by atoms with E-state index in [-0.39, 0.29) is 55.6 Å². The molecule has 2 aliphatic carbocycles. The van der Waals surface area contributed by atoms with Crippen molar-refractivity contribution in [3.05, 3.63) is 0 Å². The zero-order valence-electron chi connectivity index (χ0n) is 28.2. The Morgan fingerprint density at radius 1 is 0.911 bits per heavy atom. The first kappa shape index (κ1) is 39.4. The number of nitrogens with two attached hydrogens (primary N) is 1. The Morgan fingerprint density at radius 3 is 2.02 bits per heavy atom. The Balaban J connectivity index is 2.27. The summed E-state index contributed by atoms with van der Waals surface area (Å²) in [5.74, 6) is -1.73. The Morgan fingerprint density at radius 2 is 1.49 bits per heavy atom. The zero-order chi connectivity index (χ0) is 33.7. The van der Waals surface area contributed by atoms with Crippen molar-refractivity contribution >= 4 is 27.7 Å². The van der Waals surface area contributed by atoms with Gasteiger partial charge in [0.05, 0.1) is 23.5 Å². The van der Waals surface area contributed by atoms with E-state index in [2.05, 4.69) is 10.7 Å². The molecule has 3 amide bonds. The van der Waals surface area contributed by atoms with Crippen LogP contribution in [0.15, 0.2) is 0 Å². The summed E-state index contributed by atoms with van der Waals surface area (Å²) in [5.41, 5.74) is 2.90. The van der Waals surface area contributed by atoms with E-state index in [4.69, 9.17) is 5.14 Å². The maximum atomic E-state index is 13.9. The number of nitrogens with zero attached hydrogens (tertiary/aromatic N) is 2. The molecule has 6 N–H and O–H groups in total. The molecule has 0 bridgehead atoms. The van der Waals surface area contributed by atoms with Crippen molar-refractivity contribution in [1.29, 1.82) is 0 Å². The smallest absolute Gasteiger partial charge is 0.234 e. The summed E-state index contributed by atoms with van der Waals surface area (Å²) in [4.78, 5) is 41.7. The van der Waals surface area contributed by atoms with Gasteiger partial charge in [0, 0.05) is 44.4 Å². The van der Waals surface area contributed by atoms with E-state index in [0.29, 0.717) is 45.3 Å². The van der Waals surface area contributed by atoms with Gasteiger partial charge in [-0.1, -0.05) is 34.6 Å². The van der Waals surface area contributed by atoms with E-state index in [1.165, 1.54) is 0 Å². The summed E-state index contributed by atoms with van der Waals surface area (Å²) in [6.45, 7) is 11.6. The standard InChI is InChI=1S/C32H61N5O7S/c1-6-13-36(14-7-2)32(42)25-18-24(19-27(20-25)45(33,43)44)31(41)34-28(17-23-9-11-26(38)12-10-23)29(39)21-37(15-8-3)35-30(40)16-22(4)5/h22-29,38-39H,6-21H2,1-5H3,(H,34,41)(H,35,40)(H2,33,43,44). The number of sulfonamides is 1. The largest absolute Gasteiger partial charge is 0.393 e. The van der Waals surface area contributed by atoms with E-state index in [0.717, 1.165) is 32.1 Å². The van der Waals surface area contributed by atoms with E-state index in [1.807, 2.05) is 34.6 Å². The zero-order valence-corrected chi connectivity index (χ0v) is 29.1. The molecular weight excluding hydrogens is 598 g/mol. The number of hydrogen-bond donors (Lipinski definition) is 5. The minimum atomic E-state index is -3.99. The lowest BCUT2D eigenvalue weighted by atomic mass is 9.79. The first-order chi connectivity index (χ1) is 21.2. The van der Waals surface area contributed by atoms with Gasteiger partial charge in [0.2, 0.25) is 27.7 Å². The van der Waals surface area contributed by atoms with Crippen LogP contribution in [0, 0.1) is 23.7 Å². The first-order valence-corrected chi connectivity index (χ1v) is 18.8. The van der Waals surface area contributed by atoms with Crippen molar-refractivity contribution in [3.8, 4) is 0 Å². The second-order valence-corrected chi connectivity index (χ2v) is 15.7. The summed E-state index contributed by atoms with van der Waals surface area (Å²) in [6.07, 6.45) is 4.90. The molecule has 262 valence electrons. The van der Waals surface area contributed by atoms with Crippen LogP contribution >= 0.6 is 0 Å².